The molecule has 3 aromatic rings. The van der Waals surface area contributed by atoms with E-state index in [2.05, 4.69) is 20.8 Å². The Morgan fingerprint density at radius 1 is 1.07 bits per heavy atom. The van der Waals surface area contributed by atoms with Crippen molar-refractivity contribution in [3.8, 4) is 0 Å². The van der Waals surface area contributed by atoms with Gasteiger partial charge < -0.3 is 15.0 Å². The second kappa shape index (κ2) is 7.78. The highest BCUT2D eigenvalue weighted by molar-refractivity contribution is 6.14. The fourth-order valence-electron chi connectivity index (χ4n) is 3.40. The van der Waals surface area contributed by atoms with Crippen molar-refractivity contribution in [2.45, 2.75) is 6.04 Å². The summed E-state index contributed by atoms with van der Waals surface area (Å²) < 4.78 is 6.43. The molecule has 0 amide bonds. The van der Waals surface area contributed by atoms with Crippen LogP contribution in [0.15, 0.2) is 65.9 Å². The average molecular weight is 404 g/mol. The standard InChI is InChI=1S/C21H20N6O3/c1-26(2)15-11-9-13(10-12-15)18-16(19(28)14-7-5-4-6-8-14)17(20(29)30-3)22-21-23-24-25-27(18)21/h4-12,18H,1-3H3,(H,22,23,25)/t18-/m0/s1. The minimum Gasteiger partial charge on any atom is -0.464 e. The monoisotopic (exact) mass is 404 g/mol. The molecule has 1 N–H and O–H groups in total. The molecule has 9 heteroatoms. The molecule has 0 spiro atoms. The van der Waals surface area contributed by atoms with Crippen LogP contribution >= 0.6 is 0 Å². The zero-order valence-corrected chi connectivity index (χ0v) is 16.7. The largest absolute Gasteiger partial charge is 0.464 e. The number of Topliss-reactive ketones (excluding diaryl/α,β-unsaturated/α-hetero) is 1. The van der Waals surface area contributed by atoms with E-state index in [-0.39, 0.29) is 23.0 Å². The number of fused-ring (bicyclic) bond motifs is 1. The van der Waals surface area contributed by atoms with E-state index < -0.39 is 12.0 Å². The van der Waals surface area contributed by atoms with Crippen molar-refractivity contribution in [2.75, 3.05) is 31.4 Å². The number of methoxy groups -OCH3 is 1. The number of tetrazole rings is 1. The van der Waals surface area contributed by atoms with Crippen LogP contribution in [0.2, 0.25) is 0 Å². The van der Waals surface area contributed by atoms with Crippen molar-refractivity contribution >= 4 is 23.4 Å². The third kappa shape index (κ3) is 3.30. The number of anilines is 2. The zero-order chi connectivity index (χ0) is 21.3. The van der Waals surface area contributed by atoms with E-state index >= 15 is 0 Å². The topological polar surface area (TPSA) is 102 Å². The molecule has 9 nitrogen and oxygen atoms in total. The lowest BCUT2D eigenvalue weighted by atomic mass is 9.89. The second-order valence-electron chi connectivity index (χ2n) is 6.94. The molecule has 2 heterocycles. The first-order chi connectivity index (χ1) is 14.5. The smallest absolute Gasteiger partial charge is 0.355 e. The molecule has 0 aliphatic carbocycles. The van der Waals surface area contributed by atoms with E-state index in [4.69, 9.17) is 4.74 Å². The Morgan fingerprint density at radius 2 is 1.77 bits per heavy atom. The van der Waals surface area contributed by atoms with Crippen LogP contribution in [0.4, 0.5) is 11.6 Å². The van der Waals surface area contributed by atoms with E-state index in [1.807, 2.05) is 49.3 Å². The minimum atomic E-state index is -0.700. The Labute approximate surface area is 172 Å². The number of nitrogens with one attached hydrogen (secondary N) is 1. The number of carbonyl (C=O) groups excluding carboxylic acids is 2. The summed E-state index contributed by atoms with van der Waals surface area (Å²) in [6, 6.07) is 15.7. The summed E-state index contributed by atoms with van der Waals surface area (Å²) in [6.07, 6.45) is 0. The molecule has 0 unspecified atom stereocenters. The zero-order valence-electron chi connectivity index (χ0n) is 16.7. The number of nitrogens with zero attached hydrogens (tertiary/aromatic N) is 5. The number of hydrogen-bond donors (Lipinski definition) is 1. The van der Waals surface area contributed by atoms with Gasteiger partial charge in [0.25, 0.3) is 0 Å². The molecule has 152 valence electrons. The van der Waals surface area contributed by atoms with Gasteiger partial charge in [0.2, 0.25) is 5.95 Å². The van der Waals surface area contributed by atoms with Crippen LogP contribution in [-0.4, -0.2) is 53.2 Å². The molecule has 0 saturated heterocycles. The maximum Gasteiger partial charge on any atom is 0.355 e. The maximum absolute atomic E-state index is 13.5. The lowest BCUT2D eigenvalue weighted by molar-refractivity contribution is -0.136. The molecule has 0 radical (unpaired) electrons. The van der Waals surface area contributed by atoms with Gasteiger partial charge in [-0.05, 0) is 28.1 Å². The van der Waals surface area contributed by atoms with E-state index in [1.54, 1.807) is 24.3 Å². The lowest BCUT2D eigenvalue weighted by Crippen LogP contribution is -2.33. The normalized spacial score (nSPS) is 15.2. The molecule has 4 rings (SSSR count). The lowest BCUT2D eigenvalue weighted by Gasteiger charge is -2.28. The average Bonchev–Trinajstić information content (AvgIpc) is 3.26. The van der Waals surface area contributed by atoms with Gasteiger partial charge in [-0.2, -0.15) is 4.68 Å². The number of benzene rings is 2. The molecular formula is C21H20N6O3. The van der Waals surface area contributed by atoms with Gasteiger partial charge in [-0.1, -0.05) is 47.6 Å². The van der Waals surface area contributed by atoms with Crippen molar-refractivity contribution in [1.29, 1.82) is 0 Å². The van der Waals surface area contributed by atoms with Crippen LogP contribution in [-0.2, 0) is 9.53 Å². The first kappa shape index (κ1) is 19.3. The summed E-state index contributed by atoms with van der Waals surface area (Å²) in [6.45, 7) is 0. The van der Waals surface area contributed by atoms with Crippen molar-refractivity contribution in [1.82, 2.24) is 20.2 Å². The van der Waals surface area contributed by atoms with E-state index in [0.717, 1.165) is 11.3 Å². The summed E-state index contributed by atoms with van der Waals surface area (Å²) in [4.78, 5) is 28.1. The predicted molar refractivity (Wildman–Crippen MR) is 110 cm³/mol. The third-order valence-electron chi connectivity index (χ3n) is 4.91. The molecule has 2 aromatic carbocycles. The van der Waals surface area contributed by atoms with Gasteiger partial charge in [0.05, 0.1) is 12.7 Å². The van der Waals surface area contributed by atoms with Crippen molar-refractivity contribution in [2.24, 2.45) is 0 Å². The molecule has 0 saturated carbocycles. The first-order valence-electron chi connectivity index (χ1n) is 9.25. The van der Waals surface area contributed by atoms with Crippen molar-refractivity contribution in [3.05, 3.63) is 77.0 Å². The molecular weight excluding hydrogens is 384 g/mol. The van der Waals surface area contributed by atoms with Gasteiger partial charge in [0, 0.05) is 25.3 Å². The number of rotatable bonds is 5. The van der Waals surface area contributed by atoms with Gasteiger partial charge in [0.15, 0.2) is 5.78 Å². The minimum absolute atomic E-state index is 0.0235. The van der Waals surface area contributed by atoms with Crippen molar-refractivity contribution in [3.63, 3.8) is 0 Å². The number of ketones is 1. The van der Waals surface area contributed by atoms with E-state index in [0.29, 0.717) is 5.56 Å². The van der Waals surface area contributed by atoms with Crippen LogP contribution in [0.3, 0.4) is 0 Å². The molecule has 0 bridgehead atoms. The van der Waals surface area contributed by atoms with Crippen LogP contribution < -0.4 is 10.2 Å². The van der Waals surface area contributed by atoms with Crippen LogP contribution in [0, 0.1) is 0 Å². The Morgan fingerprint density at radius 3 is 2.40 bits per heavy atom. The van der Waals surface area contributed by atoms with Crippen LogP contribution in [0.25, 0.3) is 0 Å². The number of ether oxygens (including phenoxy) is 1. The number of aromatic nitrogens is 4. The van der Waals surface area contributed by atoms with E-state index in [1.165, 1.54) is 11.8 Å². The predicted octanol–water partition coefficient (Wildman–Crippen LogP) is 2.06. The second-order valence-corrected chi connectivity index (χ2v) is 6.94. The summed E-state index contributed by atoms with van der Waals surface area (Å²) >= 11 is 0. The highest BCUT2D eigenvalue weighted by Gasteiger charge is 2.38. The van der Waals surface area contributed by atoms with E-state index in [9.17, 15) is 9.59 Å². The Hall–Kier alpha value is -4.01. The Bertz CT molecular complexity index is 1120. The first-order valence-corrected chi connectivity index (χ1v) is 9.25. The number of allylic oxidation sites excluding steroid dienone is 1. The molecule has 1 aromatic heterocycles. The number of carbonyl (C=O) groups is 2. The third-order valence-corrected chi connectivity index (χ3v) is 4.91. The van der Waals surface area contributed by atoms with Gasteiger partial charge >= 0.3 is 5.97 Å². The Kier molecular flexibility index (Phi) is 5.01. The molecule has 1 atom stereocenters. The number of hydrogen-bond acceptors (Lipinski definition) is 8. The van der Waals surface area contributed by atoms with Crippen LogP contribution in [0.1, 0.15) is 22.0 Å². The summed E-state index contributed by atoms with van der Waals surface area (Å²) in [5, 5.41) is 14.6. The summed E-state index contributed by atoms with van der Waals surface area (Å²) in [5.41, 5.74) is 2.44. The van der Waals surface area contributed by atoms with Crippen LogP contribution in [0.5, 0.6) is 0 Å². The molecule has 30 heavy (non-hydrogen) atoms. The highest BCUT2D eigenvalue weighted by atomic mass is 16.5. The van der Waals surface area contributed by atoms with Gasteiger partial charge in [-0.25, -0.2) is 4.79 Å². The SMILES string of the molecule is COC(=O)C1=C(C(=O)c2ccccc2)[C@H](c2ccc(N(C)C)cc2)n2nnnc2N1. The van der Waals surface area contributed by atoms with Crippen molar-refractivity contribution < 1.29 is 14.3 Å². The molecule has 1 aliphatic rings. The molecule has 0 fully saturated rings. The van der Waals surface area contributed by atoms with Gasteiger partial charge in [0.1, 0.15) is 11.7 Å². The number of esters is 1. The maximum atomic E-state index is 13.5. The Balaban J connectivity index is 1.92. The summed E-state index contributed by atoms with van der Waals surface area (Å²) in [7, 11) is 5.15. The van der Waals surface area contributed by atoms with Gasteiger partial charge in [-0.15, -0.1) is 0 Å². The summed E-state index contributed by atoms with van der Waals surface area (Å²) in [5.74, 6) is -0.730. The fraction of sp³-hybridized carbons (Fsp3) is 0.190. The quantitative estimate of drug-likeness (QED) is 0.509. The fourth-order valence-corrected chi connectivity index (χ4v) is 3.40. The molecule has 1 aliphatic heterocycles. The van der Waals surface area contributed by atoms with Gasteiger partial charge in [-0.3, -0.25) is 4.79 Å². The highest BCUT2D eigenvalue weighted by Crippen LogP contribution is 2.37.